The Bertz CT molecular complexity index is 427. The predicted octanol–water partition coefficient (Wildman–Crippen LogP) is 0.710. The summed E-state index contributed by atoms with van der Waals surface area (Å²) in [5.41, 5.74) is 1.59. The zero-order chi connectivity index (χ0) is 13.1. The van der Waals surface area contributed by atoms with Crippen molar-refractivity contribution in [2.45, 2.75) is 32.7 Å². The molecule has 0 aliphatic carbocycles. The van der Waals surface area contributed by atoms with Crippen molar-refractivity contribution in [1.82, 2.24) is 20.4 Å². The molecule has 1 saturated heterocycles. The van der Waals surface area contributed by atoms with E-state index in [0.717, 1.165) is 31.6 Å². The van der Waals surface area contributed by atoms with Crippen LogP contribution < -0.4 is 10.6 Å². The van der Waals surface area contributed by atoms with Crippen LogP contribution in [0.3, 0.4) is 0 Å². The Hall–Kier alpha value is -1.36. The predicted molar refractivity (Wildman–Crippen MR) is 70.5 cm³/mol. The first kappa shape index (κ1) is 13.1. The molecule has 1 aliphatic heterocycles. The van der Waals surface area contributed by atoms with Crippen molar-refractivity contribution in [2.24, 2.45) is 13.0 Å². The molecule has 0 spiro atoms. The number of hydrogen-bond donors (Lipinski definition) is 2. The SMILES string of the molecule is CCc1nn(C)cc1C(=O)NC1CCNCC1C. The van der Waals surface area contributed by atoms with Gasteiger partial charge in [-0.1, -0.05) is 13.8 Å². The summed E-state index contributed by atoms with van der Waals surface area (Å²) in [5.74, 6) is 0.489. The quantitative estimate of drug-likeness (QED) is 0.830. The van der Waals surface area contributed by atoms with Crippen molar-refractivity contribution in [1.29, 1.82) is 0 Å². The molecule has 0 saturated carbocycles. The van der Waals surface area contributed by atoms with E-state index in [1.165, 1.54) is 0 Å². The minimum Gasteiger partial charge on any atom is -0.349 e. The molecular weight excluding hydrogens is 228 g/mol. The Morgan fingerprint density at radius 3 is 3.11 bits per heavy atom. The van der Waals surface area contributed by atoms with Crippen LogP contribution in [0.15, 0.2) is 6.20 Å². The van der Waals surface area contributed by atoms with Gasteiger partial charge in [0, 0.05) is 19.3 Å². The molecule has 1 fully saturated rings. The third-order valence-corrected chi connectivity index (χ3v) is 3.59. The number of aromatic nitrogens is 2. The highest BCUT2D eigenvalue weighted by molar-refractivity contribution is 5.95. The van der Waals surface area contributed by atoms with Gasteiger partial charge in [0.1, 0.15) is 0 Å². The third kappa shape index (κ3) is 2.72. The normalized spacial score (nSPS) is 23.9. The first-order chi connectivity index (χ1) is 8.61. The van der Waals surface area contributed by atoms with Gasteiger partial charge in [-0.15, -0.1) is 0 Å². The summed E-state index contributed by atoms with van der Waals surface area (Å²) in [6, 6.07) is 0.267. The molecule has 1 aromatic rings. The van der Waals surface area contributed by atoms with E-state index in [0.29, 0.717) is 11.5 Å². The minimum atomic E-state index is 0.0127. The number of carbonyl (C=O) groups excluding carboxylic acids is 1. The van der Waals surface area contributed by atoms with E-state index in [4.69, 9.17) is 0 Å². The van der Waals surface area contributed by atoms with E-state index in [1.807, 2.05) is 14.0 Å². The summed E-state index contributed by atoms with van der Waals surface area (Å²) in [6.45, 7) is 6.13. The molecule has 100 valence electrons. The van der Waals surface area contributed by atoms with Crippen molar-refractivity contribution in [3.63, 3.8) is 0 Å². The number of hydrogen-bond acceptors (Lipinski definition) is 3. The summed E-state index contributed by atoms with van der Waals surface area (Å²) in [6.07, 6.45) is 3.58. The number of rotatable bonds is 3. The molecule has 2 rings (SSSR count). The smallest absolute Gasteiger partial charge is 0.254 e. The molecule has 0 aromatic carbocycles. The van der Waals surface area contributed by atoms with Gasteiger partial charge in [-0.25, -0.2) is 0 Å². The Morgan fingerprint density at radius 1 is 1.67 bits per heavy atom. The van der Waals surface area contributed by atoms with Crippen LogP contribution in [0.2, 0.25) is 0 Å². The first-order valence-electron chi connectivity index (χ1n) is 6.66. The Morgan fingerprint density at radius 2 is 2.44 bits per heavy atom. The van der Waals surface area contributed by atoms with E-state index in [2.05, 4.69) is 22.7 Å². The largest absolute Gasteiger partial charge is 0.349 e. The second-order valence-electron chi connectivity index (χ2n) is 5.07. The topological polar surface area (TPSA) is 59.0 Å². The number of nitrogens with zero attached hydrogens (tertiary/aromatic N) is 2. The van der Waals surface area contributed by atoms with Crippen molar-refractivity contribution in [2.75, 3.05) is 13.1 Å². The number of carbonyl (C=O) groups is 1. The lowest BCUT2D eigenvalue weighted by Crippen LogP contribution is -2.48. The highest BCUT2D eigenvalue weighted by Gasteiger charge is 2.24. The average molecular weight is 250 g/mol. The molecule has 18 heavy (non-hydrogen) atoms. The molecule has 1 amide bonds. The van der Waals surface area contributed by atoms with Gasteiger partial charge in [0.2, 0.25) is 0 Å². The summed E-state index contributed by atoms with van der Waals surface area (Å²) < 4.78 is 1.71. The minimum absolute atomic E-state index is 0.0127. The number of amides is 1. The fourth-order valence-corrected chi connectivity index (χ4v) is 2.46. The van der Waals surface area contributed by atoms with Crippen molar-refractivity contribution < 1.29 is 4.79 Å². The van der Waals surface area contributed by atoms with Gasteiger partial charge in [0.15, 0.2) is 0 Å². The van der Waals surface area contributed by atoms with Crippen LogP contribution >= 0.6 is 0 Å². The van der Waals surface area contributed by atoms with Gasteiger partial charge in [-0.05, 0) is 31.8 Å². The zero-order valence-electron chi connectivity index (χ0n) is 11.4. The van der Waals surface area contributed by atoms with Crippen molar-refractivity contribution in [3.8, 4) is 0 Å². The Balaban J connectivity index is 2.06. The molecule has 2 unspecified atom stereocenters. The highest BCUT2D eigenvalue weighted by Crippen LogP contribution is 2.13. The highest BCUT2D eigenvalue weighted by atomic mass is 16.1. The number of aryl methyl sites for hydroxylation is 2. The molecule has 0 bridgehead atoms. The van der Waals surface area contributed by atoms with Gasteiger partial charge >= 0.3 is 0 Å². The molecule has 2 atom stereocenters. The van der Waals surface area contributed by atoms with Gasteiger partial charge < -0.3 is 10.6 Å². The van der Waals surface area contributed by atoms with Crippen LogP contribution in [0.25, 0.3) is 0 Å². The van der Waals surface area contributed by atoms with Crippen LogP contribution in [-0.4, -0.2) is 34.8 Å². The summed E-state index contributed by atoms with van der Waals surface area (Å²) in [5, 5.41) is 10.8. The number of piperidine rings is 1. The van der Waals surface area contributed by atoms with Crippen molar-refractivity contribution in [3.05, 3.63) is 17.5 Å². The first-order valence-corrected chi connectivity index (χ1v) is 6.66. The van der Waals surface area contributed by atoms with Crippen molar-refractivity contribution >= 4 is 5.91 Å². The maximum atomic E-state index is 12.3. The van der Waals surface area contributed by atoms with E-state index in [1.54, 1.807) is 10.9 Å². The molecule has 1 aliphatic rings. The molecule has 0 radical (unpaired) electrons. The van der Waals surface area contributed by atoms with Crippen LogP contribution in [0.4, 0.5) is 0 Å². The van der Waals surface area contributed by atoms with Gasteiger partial charge in [-0.2, -0.15) is 5.10 Å². The molecule has 5 nitrogen and oxygen atoms in total. The van der Waals surface area contributed by atoms with Crippen LogP contribution in [-0.2, 0) is 13.5 Å². The Labute approximate surface area is 108 Å². The van der Waals surface area contributed by atoms with Crippen LogP contribution in [0.5, 0.6) is 0 Å². The number of nitrogens with one attached hydrogen (secondary N) is 2. The third-order valence-electron chi connectivity index (χ3n) is 3.59. The monoisotopic (exact) mass is 250 g/mol. The van der Waals surface area contributed by atoms with Gasteiger partial charge in [-0.3, -0.25) is 9.48 Å². The average Bonchev–Trinajstić information content (AvgIpc) is 2.73. The van der Waals surface area contributed by atoms with E-state index < -0.39 is 0 Å². The molecule has 2 N–H and O–H groups in total. The maximum absolute atomic E-state index is 12.3. The maximum Gasteiger partial charge on any atom is 0.254 e. The van der Waals surface area contributed by atoms with Gasteiger partial charge in [0.05, 0.1) is 11.3 Å². The molecule has 2 heterocycles. The fourth-order valence-electron chi connectivity index (χ4n) is 2.46. The van der Waals surface area contributed by atoms with Crippen LogP contribution in [0, 0.1) is 5.92 Å². The summed E-state index contributed by atoms with van der Waals surface area (Å²) in [7, 11) is 1.85. The van der Waals surface area contributed by atoms with Gasteiger partial charge in [0.25, 0.3) is 5.91 Å². The lowest BCUT2D eigenvalue weighted by atomic mass is 9.95. The molecular formula is C13H22N4O. The fraction of sp³-hybridized carbons (Fsp3) is 0.692. The lowest BCUT2D eigenvalue weighted by Gasteiger charge is -2.30. The standard InChI is InChI=1S/C13H22N4O/c1-4-11-10(8-17(3)16-11)13(18)15-12-5-6-14-7-9(12)2/h8-9,12,14H,4-7H2,1-3H3,(H,15,18). The zero-order valence-corrected chi connectivity index (χ0v) is 11.4. The lowest BCUT2D eigenvalue weighted by molar-refractivity contribution is 0.0913. The molecule has 1 aromatic heterocycles. The second-order valence-corrected chi connectivity index (χ2v) is 5.07. The molecule has 5 heteroatoms. The van der Waals surface area contributed by atoms with E-state index in [9.17, 15) is 4.79 Å². The van der Waals surface area contributed by atoms with Crippen LogP contribution in [0.1, 0.15) is 36.3 Å². The summed E-state index contributed by atoms with van der Waals surface area (Å²) in [4.78, 5) is 12.3. The van der Waals surface area contributed by atoms with E-state index >= 15 is 0 Å². The summed E-state index contributed by atoms with van der Waals surface area (Å²) >= 11 is 0. The van der Waals surface area contributed by atoms with E-state index in [-0.39, 0.29) is 11.9 Å². The Kier molecular flexibility index (Phi) is 4.01. The second kappa shape index (κ2) is 5.52.